The van der Waals surface area contributed by atoms with Crippen LogP contribution in [0.3, 0.4) is 0 Å². The van der Waals surface area contributed by atoms with E-state index in [4.69, 9.17) is 5.11 Å². The van der Waals surface area contributed by atoms with E-state index in [2.05, 4.69) is 17.2 Å². The Bertz CT molecular complexity index is 315. The van der Waals surface area contributed by atoms with Gasteiger partial charge in [0.1, 0.15) is 5.75 Å². The zero-order valence-electron chi connectivity index (χ0n) is 9.16. The summed E-state index contributed by atoms with van der Waals surface area (Å²) in [5, 5.41) is 12.7. The molecule has 1 aliphatic rings. The summed E-state index contributed by atoms with van der Waals surface area (Å²) >= 11 is 0. The third-order valence-corrected chi connectivity index (χ3v) is 3.21. The molecule has 2 rings (SSSR count). The highest BCUT2D eigenvalue weighted by Gasteiger charge is 2.27. The van der Waals surface area contributed by atoms with Crippen molar-refractivity contribution in [1.29, 1.82) is 0 Å². The molecule has 1 aliphatic carbocycles. The minimum atomic E-state index is 0.228. The highest BCUT2D eigenvalue weighted by atomic mass is 16.3. The van der Waals surface area contributed by atoms with Crippen molar-refractivity contribution in [3.63, 3.8) is 0 Å². The Morgan fingerprint density at radius 3 is 2.73 bits per heavy atom. The summed E-state index contributed by atoms with van der Waals surface area (Å²) in [6, 6.07) is 3.54. The van der Waals surface area contributed by atoms with E-state index in [0.29, 0.717) is 5.54 Å². The summed E-state index contributed by atoms with van der Waals surface area (Å²) in [7, 11) is 0. The van der Waals surface area contributed by atoms with E-state index < -0.39 is 0 Å². The van der Waals surface area contributed by atoms with Gasteiger partial charge in [-0.2, -0.15) is 0 Å². The van der Waals surface area contributed by atoms with E-state index in [1.54, 1.807) is 6.07 Å². The molecular formula is C12H18N2O. The van der Waals surface area contributed by atoms with Gasteiger partial charge in [-0.05, 0) is 31.9 Å². The van der Waals surface area contributed by atoms with Crippen molar-refractivity contribution in [1.82, 2.24) is 10.3 Å². The molecule has 3 heteroatoms. The van der Waals surface area contributed by atoms with Crippen LogP contribution in [0.5, 0.6) is 5.75 Å². The molecule has 82 valence electrons. The monoisotopic (exact) mass is 206 g/mol. The van der Waals surface area contributed by atoms with Crippen molar-refractivity contribution in [3.05, 3.63) is 24.0 Å². The van der Waals surface area contributed by atoms with E-state index in [0.717, 1.165) is 12.2 Å². The molecule has 0 amide bonds. The quantitative estimate of drug-likeness (QED) is 0.797. The summed E-state index contributed by atoms with van der Waals surface area (Å²) in [6.45, 7) is 3.07. The summed E-state index contributed by atoms with van der Waals surface area (Å²) in [5.74, 6) is 0.228. The van der Waals surface area contributed by atoms with Gasteiger partial charge in [0, 0.05) is 12.1 Å². The van der Waals surface area contributed by atoms with Crippen LogP contribution >= 0.6 is 0 Å². The Labute approximate surface area is 90.5 Å². The molecule has 0 unspecified atom stereocenters. The largest absolute Gasteiger partial charge is 0.506 e. The van der Waals surface area contributed by atoms with Crippen molar-refractivity contribution in [3.8, 4) is 5.75 Å². The maximum Gasteiger partial charge on any atom is 0.133 e. The van der Waals surface area contributed by atoms with Gasteiger partial charge in [0.25, 0.3) is 0 Å². The minimum Gasteiger partial charge on any atom is -0.506 e. The number of nitrogens with zero attached hydrogens (tertiary/aromatic N) is 1. The molecule has 15 heavy (non-hydrogen) atoms. The van der Waals surface area contributed by atoms with Gasteiger partial charge in [-0.1, -0.05) is 12.8 Å². The summed E-state index contributed by atoms with van der Waals surface area (Å²) < 4.78 is 0. The first kappa shape index (κ1) is 10.4. The maximum absolute atomic E-state index is 9.10. The van der Waals surface area contributed by atoms with Gasteiger partial charge in [0.2, 0.25) is 0 Å². The first-order chi connectivity index (χ1) is 7.18. The number of pyridine rings is 1. The fourth-order valence-electron chi connectivity index (χ4n) is 2.16. The van der Waals surface area contributed by atoms with Gasteiger partial charge in [0.05, 0.1) is 11.9 Å². The zero-order chi connectivity index (χ0) is 10.7. The van der Waals surface area contributed by atoms with Crippen molar-refractivity contribution in [2.75, 3.05) is 0 Å². The SMILES string of the molecule is CC1(NCc2ccc(O)cn2)CCCC1. The van der Waals surface area contributed by atoms with Crippen molar-refractivity contribution < 1.29 is 5.11 Å². The normalized spacial score (nSPS) is 19.3. The van der Waals surface area contributed by atoms with Crippen molar-refractivity contribution in [2.45, 2.75) is 44.7 Å². The van der Waals surface area contributed by atoms with E-state index in [-0.39, 0.29) is 5.75 Å². The molecule has 3 nitrogen and oxygen atoms in total. The summed E-state index contributed by atoms with van der Waals surface area (Å²) in [4.78, 5) is 4.16. The first-order valence-corrected chi connectivity index (χ1v) is 5.57. The third-order valence-electron chi connectivity index (χ3n) is 3.21. The van der Waals surface area contributed by atoms with Gasteiger partial charge in [-0.3, -0.25) is 4.98 Å². The zero-order valence-corrected chi connectivity index (χ0v) is 9.16. The number of aromatic hydroxyl groups is 1. The molecule has 2 N–H and O–H groups in total. The van der Waals surface area contributed by atoms with E-state index in [1.165, 1.54) is 31.9 Å². The molecule has 1 fully saturated rings. The average Bonchev–Trinajstić information content (AvgIpc) is 2.65. The Hall–Kier alpha value is -1.09. The van der Waals surface area contributed by atoms with Crippen molar-refractivity contribution in [2.24, 2.45) is 0 Å². The maximum atomic E-state index is 9.10. The lowest BCUT2D eigenvalue weighted by atomic mass is 10.0. The lowest BCUT2D eigenvalue weighted by molar-refractivity contribution is 0.360. The second-order valence-electron chi connectivity index (χ2n) is 4.63. The average molecular weight is 206 g/mol. The molecule has 0 saturated heterocycles. The van der Waals surface area contributed by atoms with E-state index >= 15 is 0 Å². The van der Waals surface area contributed by atoms with Crippen LogP contribution in [0.4, 0.5) is 0 Å². The first-order valence-electron chi connectivity index (χ1n) is 5.57. The molecule has 1 aromatic heterocycles. The summed E-state index contributed by atoms with van der Waals surface area (Å²) in [5.41, 5.74) is 1.28. The molecule has 0 bridgehead atoms. The summed E-state index contributed by atoms with van der Waals surface area (Å²) in [6.07, 6.45) is 6.66. The molecule has 0 radical (unpaired) electrons. The van der Waals surface area contributed by atoms with Crippen LogP contribution in [0.25, 0.3) is 0 Å². The Morgan fingerprint density at radius 1 is 1.40 bits per heavy atom. The predicted molar refractivity (Wildman–Crippen MR) is 59.6 cm³/mol. The molecule has 1 aromatic rings. The minimum absolute atomic E-state index is 0.228. The van der Waals surface area contributed by atoms with Crippen LogP contribution in [-0.4, -0.2) is 15.6 Å². The fourth-order valence-corrected chi connectivity index (χ4v) is 2.16. The van der Waals surface area contributed by atoms with Crippen LogP contribution in [0.15, 0.2) is 18.3 Å². The number of hydrogen-bond acceptors (Lipinski definition) is 3. The van der Waals surface area contributed by atoms with Crippen LogP contribution in [0.1, 0.15) is 38.3 Å². The highest BCUT2D eigenvalue weighted by Crippen LogP contribution is 2.29. The van der Waals surface area contributed by atoms with Gasteiger partial charge >= 0.3 is 0 Å². The predicted octanol–water partition coefficient (Wildman–Crippen LogP) is 2.21. The van der Waals surface area contributed by atoms with Crippen LogP contribution in [0, 0.1) is 0 Å². The standard InChI is InChI=1S/C12H18N2O/c1-12(6-2-3-7-12)14-8-10-4-5-11(15)9-13-10/h4-5,9,14-15H,2-3,6-8H2,1H3. The molecule has 1 heterocycles. The van der Waals surface area contributed by atoms with Crippen LogP contribution < -0.4 is 5.32 Å². The molecule has 0 spiro atoms. The number of aromatic nitrogens is 1. The van der Waals surface area contributed by atoms with E-state index in [9.17, 15) is 0 Å². The Kier molecular flexibility index (Phi) is 2.91. The molecular weight excluding hydrogens is 188 g/mol. The van der Waals surface area contributed by atoms with Gasteiger partial charge < -0.3 is 10.4 Å². The fraction of sp³-hybridized carbons (Fsp3) is 0.583. The van der Waals surface area contributed by atoms with Crippen LogP contribution in [-0.2, 0) is 6.54 Å². The molecule has 0 aliphatic heterocycles. The molecule has 1 saturated carbocycles. The van der Waals surface area contributed by atoms with Gasteiger partial charge in [-0.15, -0.1) is 0 Å². The number of nitrogens with one attached hydrogen (secondary N) is 1. The van der Waals surface area contributed by atoms with Crippen molar-refractivity contribution >= 4 is 0 Å². The van der Waals surface area contributed by atoms with E-state index in [1.807, 2.05) is 6.07 Å². The van der Waals surface area contributed by atoms with Gasteiger partial charge in [0.15, 0.2) is 0 Å². The second kappa shape index (κ2) is 4.19. The van der Waals surface area contributed by atoms with Gasteiger partial charge in [-0.25, -0.2) is 0 Å². The molecule has 0 atom stereocenters. The number of rotatable bonds is 3. The lowest BCUT2D eigenvalue weighted by Gasteiger charge is -2.25. The number of hydrogen-bond donors (Lipinski definition) is 2. The Balaban J connectivity index is 1.90. The highest BCUT2D eigenvalue weighted by molar-refractivity contribution is 5.17. The van der Waals surface area contributed by atoms with Crippen LogP contribution in [0.2, 0.25) is 0 Å². The lowest BCUT2D eigenvalue weighted by Crippen LogP contribution is -2.38. The molecule has 0 aromatic carbocycles. The second-order valence-corrected chi connectivity index (χ2v) is 4.63. The third kappa shape index (κ3) is 2.69. The smallest absolute Gasteiger partial charge is 0.133 e. The Morgan fingerprint density at radius 2 is 2.13 bits per heavy atom. The topological polar surface area (TPSA) is 45.1 Å².